The summed E-state index contributed by atoms with van der Waals surface area (Å²) in [7, 11) is 2.96. The lowest BCUT2D eigenvalue weighted by molar-refractivity contribution is 0.0519. The monoisotopic (exact) mass is 313 g/mol. The van der Waals surface area contributed by atoms with Crippen molar-refractivity contribution in [2.75, 3.05) is 13.7 Å². The van der Waals surface area contributed by atoms with Crippen molar-refractivity contribution in [2.24, 2.45) is 7.05 Å². The van der Waals surface area contributed by atoms with Crippen LogP contribution in [0, 0.1) is 0 Å². The standard InChI is InChI=1S/C17H15NO5/c1-4-23-17(21)12-11-13(18(2)16(12)22-3)15(20)10-8-6-5-7-9(10)14(11)19/h5-8H,4H2,1-3H3. The van der Waals surface area contributed by atoms with Crippen molar-refractivity contribution in [1.29, 1.82) is 0 Å². The summed E-state index contributed by atoms with van der Waals surface area (Å²) >= 11 is 0. The zero-order valence-electron chi connectivity index (χ0n) is 13.0. The average molecular weight is 313 g/mol. The van der Waals surface area contributed by atoms with Crippen LogP contribution in [0.25, 0.3) is 0 Å². The van der Waals surface area contributed by atoms with Crippen LogP contribution in [0.1, 0.15) is 49.3 Å². The average Bonchev–Trinajstić information content (AvgIpc) is 2.86. The van der Waals surface area contributed by atoms with Crippen LogP contribution in [0.2, 0.25) is 0 Å². The van der Waals surface area contributed by atoms with Gasteiger partial charge in [0.05, 0.1) is 19.3 Å². The minimum Gasteiger partial charge on any atom is -0.482 e. The highest BCUT2D eigenvalue weighted by Gasteiger charge is 2.40. The number of ketones is 2. The molecule has 2 aromatic rings. The molecule has 6 nitrogen and oxygen atoms in total. The lowest BCUT2D eigenvalue weighted by Crippen LogP contribution is -2.23. The lowest BCUT2D eigenvalue weighted by atomic mass is 9.86. The van der Waals surface area contributed by atoms with Crippen molar-refractivity contribution < 1.29 is 23.9 Å². The molecule has 1 aliphatic rings. The molecule has 6 heteroatoms. The van der Waals surface area contributed by atoms with Gasteiger partial charge in [-0.2, -0.15) is 0 Å². The minimum atomic E-state index is -0.679. The minimum absolute atomic E-state index is 0.000275. The molecule has 3 rings (SSSR count). The molecule has 0 saturated heterocycles. The normalized spacial score (nSPS) is 12.7. The number of hydrogen-bond acceptors (Lipinski definition) is 5. The highest BCUT2D eigenvalue weighted by atomic mass is 16.5. The fraction of sp³-hybridized carbons (Fsp3) is 0.235. The van der Waals surface area contributed by atoms with E-state index >= 15 is 0 Å². The summed E-state index contributed by atoms with van der Waals surface area (Å²) in [5, 5.41) is 0. The first-order chi connectivity index (χ1) is 11.0. The molecular formula is C17H15NO5. The van der Waals surface area contributed by atoms with Gasteiger partial charge in [-0.25, -0.2) is 4.79 Å². The molecule has 1 aromatic heterocycles. The van der Waals surface area contributed by atoms with Crippen molar-refractivity contribution >= 4 is 17.5 Å². The fourth-order valence-electron chi connectivity index (χ4n) is 2.92. The van der Waals surface area contributed by atoms with Gasteiger partial charge in [0.1, 0.15) is 11.3 Å². The van der Waals surface area contributed by atoms with E-state index in [1.165, 1.54) is 11.7 Å². The molecule has 0 amide bonds. The Balaban J connectivity index is 2.33. The first kappa shape index (κ1) is 15.0. The van der Waals surface area contributed by atoms with Crippen LogP contribution in [0.15, 0.2) is 24.3 Å². The van der Waals surface area contributed by atoms with Crippen molar-refractivity contribution in [3.05, 3.63) is 52.2 Å². The largest absolute Gasteiger partial charge is 0.482 e. The fourth-order valence-corrected chi connectivity index (χ4v) is 2.92. The third-order valence-corrected chi connectivity index (χ3v) is 3.87. The lowest BCUT2D eigenvalue weighted by Gasteiger charge is -2.15. The van der Waals surface area contributed by atoms with Crippen LogP contribution < -0.4 is 4.74 Å². The quantitative estimate of drug-likeness (QED) is 0.691. The Hall–Kier alpha value is -2.89. The molecule has 0 unspecified atom stereocenters. The maximum Gasteiger partial charge on any atom is 0.344 e. The molecule has 0 atom stereocenters. The number of ether oxygens (including phenoxy) is 2. The van der Waals surface area contributed by atoms with Crippen LogP contribution in [0.5, 0.6) is 5.88 Å². The summed E-state index contributed by atoms with van der Waals surface area (Å²) in [5.41, 5.74) is 0.798. The van der Waals surface area contributed by atoms with Gasteiger partial charge in [-0.15, -0.1) is 0 Å². The number of fused-ring (bicyclic) bond motifs is 2. The van der Waals surface area contributed by atoms with Crippen molar-refractivity contribution in [3.8, 4) is 5.88 Å². The third-order valence-electron chi connectivity index (χ3n) is 3.87. The molecule has 118 valence electrons. The number of methoxy groups -OCH3 is 1. The van der Waals surface area contributed by atoms with Gasteiger partial charge in [0, 0.05) is 18.2 Å². The van der Waals surface area contributed by atoms with E-state index in [1.807, 2.05) is 0 Å². The summed E-state index contributed by atoms with van der Waals surface area (Å²) < 4.78 is 11.7. The number of carbonyl (C=O) groups is 3. The van der Waals surface area contributed by atoms with E-state index in [9.17, 15) is 14.4 Å². The second-order valence-corrected chi connectivity index (χ2v) is 5.09. The number of hydrogen-bond donors (Lipinski definition) is 0. The van der Waals surface area contributed by atoms with E-state index in [-0.39, 0.29) is 46.4 Å². The van der Waals surface area contributed by atoms with Gasteiger partial charge in [-0.3, -0.25) is 9.59 Å². The van der Waals surface area contributed by atoms with Crippen LogP contribution in [-0.2, 0) is 11.8 Å². The zero-order chi connectivity index (χ0) is 16.7. The Morgan fingerprint density at radius 1 is 1.13 bits per heavy atom. The second kappa shape index (κ2) is 5.39. The summed E-state index contributed by atoms with van der Waals surface area (Å²) in [6.07, 6.45) is 0. The first-order valence-corrected chi connectivity index (χ1v) is 7.15. The molecule has 23 heavy (non-hydrogen) atoms. The Morgan fingerprint density at radius 2 is 1.74 bits per heavy atom. The Kier molecular flexibility index (Phi) is 3.52. The predicted molar refractivity (Wildman–Crippen MR) is 81.2 cm³/mol. The Labute approximate surface area is 132 Å². The van der Waals surface area contributed by atoms with Gasteiger partial charge in [0.25, 0.3) is 0 Å². The molecule has 0 radical (unpaired) electrons. The van der Waals surface area contributed by atoms with Gasteiger partial charge in [-0.05, 0) is 6.92 Å². The number of benzene rings is 1. The van der Waals surface area contributed by atoms with Crippen LogP contribution in [-0.4, -0.2) is 35.8 Å². The molecule has 1 aliphatic carbocycles. The van der Waals surface area contributed by atoms with Gasteiger partial charge in [-0.1, -0.05) is 24.3 Å². The zero-order valence-corrected chi connectivity index (χ0v) is 13.0. The van der Waals surface area contributed by atoms with E-state index in [4.69, 9.17) is 9.47 Å². The van der Waals surface area contributed by atoms with Gasteiger partial charge in [0.15, 0.2) is 5.78 Å². The van der Waals surface area contributed by atoms with E-state index < -0.39 is 5.97 Å². The van der Waals surface area contributed by atoms with Gasteiger partial charge >= 0.3 is 5.97 Å². The summed E-state index contributed by atoms with van der Waals surface area (Å²) in [6.45, 7) is 1.83. The summed E-state index contributed by atoms with van der Waals surface area (Å²) in [6, 6.07) is 6.55. The highest BCUT2D eigenvalue weighted by Crippen LogP contribution is 2.36. The Bertz CT molecular complexity index is 847. The number of rotatable bonds is 3. The topological polar surface area (TPSA) is 74.6 Å². The van der Waals surface area contributed by atoms with Gasteiger partial charge < -0.3 is 14.0 Å². The van der Waals surface area contributed by atoms with Crippen molar-refractivity contribution in [2.45, 2.75) is 6.92 Å². The van der Waals surface area contributed by atoms with Crippen LogP contribution in [0.3, 0.4) is 0 Å². The van der Waals surface area contributed by atoms with Crippen molar-refractivity contribution in [1.82, 2.24) is 4.57 Å². The number of nitrogens with zero attached hydrogens (tertiary/aromatic N) is 1. The molecule has 1 heterocycles. The van der Waals surface area contributed by atoms with E-state index in [1.54, 1.807) is 38.2 Å². The molecule has 1 aromatic carbocycles. The third kappa shape index (κ3) is 1.98. The number of aromatic nitrogens is 1. The molecule has 0 saturated carbocycles. The number of esters is 1. The summed E-state index contributed by atoms with van der Waals surface area (Å²) in [5.74, 6) is -1.23. The molecule has 0 aliphatic heterocycles. The van der Waals surface area contributed by atoms with E-state index in [2.05, 4.69) is 0 Å². The molecule has 0 spiro atoms. The van der Waals surface area contributed by atoms with E-state index in [0.717, 1.165) is 0 Å². The Morgan fingerprint density at radius 3 is 2.30 bits per heavy atom. The smallest absolute Gasteiger partial charge is 0.344 e. The highest BCUT2D eigenvalue weighted by molar-refractivity contribution is 6.30. The summed E-state index contributed by atoms with van der Waals surface area (Å²) in [4.78, 5) is 37.9. The molecular weight excluding hydrogens is 298 g/mol. The molecule has 0 fully saturated rings. The second-order valence-electron chi connectivity index (χ2n) is 5.09. The van der Waals surface area contributed by atoms with Crippen molar-refractivity contribution in [3.63, 3.8) is 0 Å². The maximum absolute atomic E-state index is 12.8. The van der Waals surface area contributed by atoms with Crippen LogP contribution >= 0.6 is 0 Å². The van der Waals surface area contributed by atoms with Crippen LogP contribution in [0.4, 0.5) is 0 Å². The molecule has 0 N–H and O–H groups in total. The molecule has 0 bridgehead atoms. The number of carbonyl (C=O) groups excluding carboxylic acids is 3. The predicted octanol–water partition coefficient (Wildman–Crippen LogP) is 1.99. The SMILES string of the molecule is CCOC(=O)c1c2c(n(C)c1OC)C(=O)c1ccccc1C2=O. The first-order valence-electron chi connectivity index (χ1n) is 7.15. The van der Waals surface area contributed by atoms with Gasteiger partial charge in [0.2, 0.25) is 11.7 Å². The maximum atomic E-state index is 12.8. The van der Waals surface area contributed by atoms with E-state index in [0.29, 0.717) is 5.56 Å².